The van der Waals surface area contributed by atoms with Crippen LogP contribution in [0.1, 0.15) is 51.3 Å². The molecule has 1 heterocycles. The molecule has 0 atom stereocenters. The fourth-order valence-electron chi connectivity index (χ4n) is 3.36. The van der Waals surface area contributed by atoms with Crippen LogP contribution >= 0.6 is 0 Å². The first-order valence-corrected chi connectivity index (χ1v) is 9.80. The second-order valence-corrected chi connectivity index (χ2v) is 6.78. The number of hydrogen-bond donors (Lipinski definition) is 3. The molecule has 8 nitrogen and oxygen atoms in total. The zero-order valence-electron chi connectivity index (χ0n) is 16.1. The maximum absolute atomic E-state index is 12.0. The summed E-state index contributed by atoms with van der Waals surface area (Å²) in [6, 6.07) is 0. The molecule has 1 amide bonds. The molecule has 8 heteroatoms. The van der Waals surface area contributed by atoms with E-state index in [0.717, 1.165) is 31.3 Å². The molecule has 3 N–H and O–H groups in total. The minimum Gasteiger partial charge on any atom is -0.355 e. The van der Waals surface area contributed by atoms with Gasteiger partial charge in [0.25, 0.3) is 0 Å². The molecule has 2 rings (SSSR count). The number of aliphatic imine (C=N–C) groups is 1. The summed E-state index contributed by atoms with van der Waals surface area (Å²) in [5.74, 6) is 2.46. The van der Waals surface area contributed by atoms with Crippen LogP contribution in [0.3, 0.4) is 0 Å². The number of amides is 1. The second-order valence-electron chi connectivity index (χ2n) is 6.78. The zero-order valence-corrected chi connectivity index (χ0v) is 16.1. The number of guanidine groups is 1. The molecule has 0 aromatic carbocycles. The Hall–Kier alpha value is -2.12. The zero-order chi connectivity index (χ0) is 18.6. The van der Waals surface area contributed by atoms with E-state index in [9.17, 15) is 4.79 Å². The van der Waals surface area contributed by atoms with Crippen molar-refractivity contribution in [2.75, 3.05) is 26.7 Å². The lowest BCUT2D eigenvalue weighted by Gasteiger charge is -2.20. The maximum atomic E-state index is 12.0. The van der Waals surface area contributed by atoms with Crippen molar-refractivity contribution in [2.45, 2.75) is 58.4 Å². The number of aromatic nitrogens is 3. The van der Waals surface area contributed by atoms with Gasteiger partial charge in [0.2, 0.25) is 5.91 Å². The highest BCUT2D eigenvalue weighted by Gasteiger charge is 2.16. The molecule has 0 bridgehead atoms. The summed E-state index contributed by atoms with van der Waals surface area (Å²) < 4.78 is 2.03. The van der Waals surface area contributed by atoms with Crippen LogP contribution in [0, 0.1) is 5.92 Å². The summed E-state index contributed by atoms with van der Waals surface area (Å²) in [4.78, 5) is 16.2. The fraction of sp³-hybridized carbons (Fsp3) is 0.778. The minimum atomic E-state index is 0.168. The first-order chi connectivity index (χ1) is 12.7. The maximum Gasteiger partial charge on any atom is 0.220 e. The Labute approximate surface area is 156 Å². The quantitative estimate of drug-likeness (QED) is 0.347. The van der Waals surface area contributed by atoms with Gasteiger partial charge in [0.15, 0.2) is 5.96 Å². The highest BCUT2D eigenvalue weighted by atomic mass is 16.1. The predicted octanol–water partition coefficient (Wildman–Crippen LogP) is 1.09. The Morgan fingerprint density at radius 3 is 2.65 bits per heavy atom. The van der Waals surface area contributed by atoms with Crippen LogP contribution in [0.2, 0.25) is 0 Å². The molecular weight excluding hydrogens is 330 g/mol. The average Bonchev–Trinajstić information content (AvgIpc) is 3.12. The Morgan fingerprint density at radius 2 is 1.92 bits per heavy atom. The Bertz CT molecular complexity index is 564. The first kappa shape index (κ1) is 20.2. The average molecular weight is 364 g/mol. The van der Waals surface area contributed by atoms with E-state index in [2.05, 4.69) is 38.1 Å². The van der Waals surface area contributed by atoms with Crippen LogP contribution in [-0.4, -0.2) is 53.3 Å². The van der Waals surface area contributed by atoms with Crippen LogP contribution in [0.4, 0.5) is 0 Å². The molecule has 1 aromatic heterocycles. The molecule has 1 aliphatic carbocycles. The summed E-state index contributed by atoms with van der Waals surface area (Å²) in [6.45, 7) is 4.85. The van der Waals surface area contributed by atoms with Crippen LogP contribution in [-0.2, 0) is 17.8 Å². The number of nitrogens with zero attached hydrogens (tertiary/aromatic N) is 4. The predicted molar refractivity (Wildman–Crippen MR) is 103 cm³/mol. The van der Waals surface area contributed by atoms with Crippen molar-refractivity contribution < 1.29 is 4.79 Å². The van der Waals surface area contributed by atoms with Gasteiger partial charge in [-0.25, -0.2) is 0 Å². The van der Waals surface area contributed by atoms with Gasteiger partial charge in [-0.1, -0.05) is 26.2 Å². The number of aryl methyl sites for hydroxylation is 1. The molecule has 0 spiro atoms. The SMILES string of the molecule is CCc1nncn1CCNC(=NC)NCCNC(=O)CC1CCCCC1. The lowest BCUT2D eigenvalue weighted by Crippen LogP contribution is -2.42. The molecule has 0 radical (unpaired) electrons. The normalized spacial score (nSPS) is 15.7. The molecule has 1 aromatic rings. The molecule has 0 aliphatic heterocycles. The van der Waals surface area contributed by atoms with E-state index in [1.165, 1.54) is 32.1 Å². The van der Waals surface area contributed by atoms with Crippen LogP contribution in [0.25, 0.3) is 0 Å². The van der Waals surface area contributed by atoms with E-state index < -0.39 is 0 Å². The highest BCUT2D eigenvalue weighted by molar-refractivity contribution is 5.79. The van der Waals surface area contributed by atoms with Crippen molar-refractivity contribution in [3.8, 4) is 0 Å². The number of hydrogen-bond acceptors (Lipinski definition) is 4. The van der Waals surface area contributed by atoms with Crippen LogP contribution < -0.4 is 16.0 Å². The molecule has 1 fully saturated rings. The van der Waals surface area contributed by atoms with Gasteiger partial charge in [-0.3, -0.25) is 9.79 Å². The summed E-state index contributed by atoms with van der Waals surface area (Å²) >= 11 is 0. The van der Waals surface area contributed by atoms with E-state index >= 15 is 0 Å². The first-order valence-electron chi connectivity index (χ1n) is 9.80. The molecular formula is C18H33N7O. The Kier molecular flexibility index (Phi) is 8.92. The Balaban J connectivity index is 1.56. The molecule has 1 saturated carbocycles. The van der Waals surface area contributed by atoms with Crippen molar-refractivity contribution in [3.05, 3.63) is 12.2 Å². The summed E-state index contributed by atoms with van der Waals surface area (Å²) in [5.41, 5.74) is 0. The number of carbonyl (C=O) groups excluding carboxylic acids is 1. The van der Waals surface area contributed by atoms with Gasteiger partial charge in [-0.2, -0.15) is 0 Å². The molecule has 26 heavy (non-hydrogen) atoms. The van der Waals surface area contributed by atoms with Gasteiger partial charge >= 0.3 is 0 Å². The van der Waals surface area contributed by atoms with Gasteiger partial charge in [-0.05, 0) is 18.8 Å². The van der Waals surface area contributed by atoms with Crippen LogP contribution in [0.5, 0.6) is 0 Å². The van der Waals surface area contributed by atoms with Crippen molar-refractivity contribution in [1.82, 2.24) is 30.7 Å². The van der Waals surface area contributed by atoms with Crippen molar-refractivity contribution in [1.29, 1.82) is 0 Å². The monoisotopic (exact) mass is 363 g/mol. The standard InChI is InChI=1S/C18H33N7O/c1-3-16-24-23-14-25(16)12-11-22-18(19-2)21-10-9-20-17(26)13-15-7-5-4-6-8-15/h14-15H,3-13H2,1-2H3,(H,20,26)(H2,19,21,22). The lowest BCUT2D eigenvalue weighted by atomic mass is 9.87. The van der Waals surface area contributed by atoms with E-state index in [4.69, 9.17) is 0 Å². The van der Waals surface area contributed by atoms with Gasteiger partial charge in [0, 0.05) is 46.1 Å². The lowest BCUT2D eigenvalue weighted by molar-refractivity contribution is -0.122. The summed E-state index contributed by atoms with van der Waals surface area (Å²) in [7, 11) is 1.74. The highest BCUT2D eigenvalue weighted by Crippen LogP contribution is 2.25. The van der Waals surface area contributed by atoms with Crippen molar-refractivity contribution >= 4 is 11.9 Å². The number of nitrogens with one attached hydrogen (secondary N) is 3. The molecule has 1 aliphatic rings. The third-order valence-electron chi connectivity index (χ3n) is 4.82. The molecule has 146 valence electrons. The molecule has 0 saturated heterocycles. The third kappa shape index (κ3) is 7.01. The number of rotatable bonds is 9. The molecule has 0 unspecified atom stereocenters. The minimum absolute atomic E-state index is 0.168. The van der Waals surface area contributed by atoms with E-state index in [1.807, 2.05) is 4.57 Å². The topological polar surface area (TPSA) is 96.2 Å². The van der Waals surface area contributed by atoms with E-state index in [1.54, 1.807) is 13.4 Å². The van der Waals surface area contributed by atoms with Gasteiger partial charge < -0.3 is 20.5 Å². The van der Waals surface area contributed by atoms with Gasteiger partial charge in [0.1, 0.15) is 12.2 Å². The largest absolute Gasteiger partial charge is 0.355 e. The number of carbonyl (C=O) groups is 1. The van der Waals surface area contributed by atoms with Gasteiger partial charge in [-0.15, -0.1) is 10.2 Å². The van der Waals surface area contributed by atoms with Gasteiger partial charge in [0.05, 0.1) is 0 Å². The van der Waals surface area contributed by atoms with E-state index in [0.29, 0.717) is 25.4 Å². The van der Waals surface area contributed by atoms with Crippen molar-refractivity contribution in [2.24, 2.45) is 10.9 Å². The summed E-state index contributed by atoms with van der Waals surface area (Å²) in [5, 5.41) is 17.5. The third-order valence-corrected chi connectivity index (χ3v) is 4.82. The van der Waals surface area contributed by atoms with Crippen LogP contribution in [0.15, 0.2) is 11.3 Å². The van der Waals surface area contributed by atoms with Crippen molar-refractivity contribution in [3.63, 3.8) is 0 Å². The van der Waals surface area contributed by atoms with E-state index in [-0.39, 0.29) is 5.91 Å². The Morgan fingerprint density at radius 1 is 1.19 bits per heavy atom. The smallest absolute Gasteiger partial charge is 0.220 e. The second kappa shape index (κ2) is 11.5. The fourth-order valence-corrected chi connectivity index (χ4v) is 3.36. The summed E-state index contributed by atoms with van der Waals surface area (Å²) in [6.07, 6.45) is 9.57.